The number of carbonyl (C=O) groups excluding carboxylic acids is 1. The summed E-state index contributed by atoms with van der Waals surface area (Å²) in [6, 6.07) is 16.0. The normalized spacial score (nSPS) is 11.2. The van der Waals surface area contributed by atoms with Gasteiger partial charge >= 0.3 is 0 Å². The third-order valence-corrected chi connectivity index (χ3v) is 4.57. The molecule has 130 valence electrons. The maximum atomic E-state index is 12.0. The Labute approximate surface area is 151 Å². The summed E-state index contributed by atoms with van der Waals surface area (Å²) in [6.45, 7) is 2.06. The molecule has 0 atom stereocenters. The number of para-hydroxylation sites is 2. The fraction of sp³-hybridized carbons (Fsp3) is 0.190. The van der Waals surface area contributed by atoms with Crippen LogP contribution in [0.4, 0.5) is 0 Å². The van der Waals surface area contributed by atoms with Crippen LogP contribution in [-0.2, 0) is 11.2 Å². The number of aryl methyl sites for hydroxylation is 1. The van der Waals surface area contributed by atoms with Crippen molar-refractivity contribution in [1.29, 1.82) is 0 Å². The second-order valence-corrected chi connectivity index (χ2v) is 6.74. The number of likely N-dealkylation sites (N-methyl/N-ethyl adjacent to an activating group) is 1. The van der Waals surface area contributed by atoms with Crippen LogP contribution in [0.25, 0.3) is 33.5 Å². The summed E-state index contributed by atoms with van der Waals surface area (Å²) in [7, 11) is 3.55. The van der Waals surface area contributed by atoms with Gasteiger partial charge in [-0.25, -0.2) is 9.97 Å². The van der Waals surface area contributed by atoms with Crippen molar-refractivity contribution in [3.63, 3.8) is 0 Å². The largest absolute Gasteiger partial charge is 0.349 e. The first-order chi connectivity index (χ1) is 12.5. The average molecular weight is 344 g/mol. The maximum absolute atomic E-state index is 12.0. The number of amides is 1. The molecule has 0 aliphatic rings. The number of fused-ring (bicyclic) bond motifs is 2. The van der Waals surface area contributed by atoms with E-state index in [2.05, 4.69) is 23.0 Å². The topological polar surface area (TPSA) is 61.9 Å². The van der Waals surface area contributed by atoms with Gasteiger partial charge in [-0.3, -0.25) is 4.79 Å². The molecule has 5 heteroatoms. The molecule has 0 unspecified atom stereocenters. The number of aromatic nitrogens is 3. The molecule has 0 radical (unpaired) electrons. The predicted molar refractivity (Wildman–Crippen MR) is 104 cm³/mol. The molecule has 4 aromatic rings. The lowest BCUT2D eigenvalue weighted by Gasteiger charge is -2.11. The first kappa shape index (κ1) is 16.3. The van der Waals surface area contributed by atoms with Crippen LogP contribution in [0, 0.1) is 6.92 Å². The van der Waals surface area contributed by atoms with Crippen LogP contribution in [0.5, 0.6) is 0 Å². The van der Waals surface area contributed by atoms with Crippen LogP contribution in [0.15, 0.2) is 48.5 Å². The molecule has 26 heavy (non-hydrogen) atoms. The van der Waals surface area contributed by atoms with Crippen LogP contribution in [0.3, 0.4) is 0 Å². The highest BCUT2D eigenvalue weighted by molar-refractivity contribution is 5.87. The molecule has 4 rings (SSSR count). The molecular weight excluding hydrogens is 324 g/mol. The molecular formula is C21H20N4O. The van der Waals surface area contributed by atoms with Gasteiger partial charge in [-0.05, 0) is 48.4 Å². The lowest BCUT2D eigenvalue weighted by molar-refractivity contribution is -0.127. The molecule has 2 heterocycles. The van der Waals surface area contributed by atoms with Gasteiger partial charge in [-0.2, -0.15) is 0 Å². The minimum Gasteiger partial charge on any atom is -0.349 e. The molecule has 2 aromatic carbocycles. The first-order valence-corrected chi connectivity index (χ1v) is 8.57. The number of carbonyl (C=O) groups is 1. The zero-order valence-corrected chi connectivity index (χ0v) is 15.1. The predicted octanol–water partition coefficient (Wildman–Crippen LogP) is 3.72. The van der Waals surface area contributed by atoms with E-state index in [0.29, 0.717) is 6.42 Å². The van der Waals surface area contributed by atoms with Gasteiger partial charge in [-0.15, -0.1) is 0 Å². The van der Waals surface area contributed by atoms with Crippen molar-refractivity contribution >= 4 is 27.8 Å². The number of rotatable bonds is 3. The second kappa shape index (κ2) is 6.26. The van der Waals surface area contributed by atoms with Crippen molar-refractivity contribution in [3.05, 3.63) is 59.7 Å². The van der Waals surface area contributed by atoms with Gasteiger partial charge < -0.3 is 9.88 Å². The third-order valence-electron chi connectivity index (χ3n) is 4.57. The molecule has 1 amide bonds. The standard InChI is InChI=1S/C21H20N4O/c1-13-10-19(21-23-17-6-4-5-7-18(17)24-21)22-16-9-8-14(11-15(13)16)12-20(26)25(2)3/h4-11H,12H2,1-3H3,(H,23,24). The Morgan fingerprint density at radius 2 is 1.85 bits per heavy atom. The highest BCUT2D eigenvalue weighted by Gasteiger charge is 2.11. The SMILES string of the molecule is Cc1cc(-c2nc3ccccc3[nH]2)nc2ccc(CC(=O)N(C)C)cc12. The molecule has 0 fully saturated rings. The highest BCUT2D eigenvalue weighted by Crippen LogP contribution is 2.25. The van der Waals surface area contributed by atoms with Gasteiger partial charge in [-0.1, -0.05) is 18.2 Å². The van der Waals surface area contributed by atoms with E-state index in [1.165, 1.54) is 0 Å². The van der Waals surface area contributed by atoms with E-state index in [4.69, 9.17) is 4.98 Å². The van der Waals surface area contributed by atoms with E-state index in [-0.39, 0.29) is 5.91 Å². The van der Waals surface area contributed by atoms with Gasteiger partial charge in [0.05, 0.1) is 23.0 Å². The van der Waals surface area contributed by atoms with Gasteiger partial charge in [0.2, 0.25) is 5.91 Å². The van der Waals surface area contributed by atoms with Crippen molar-refractivity contribution in [3.8, 4) is 11.5 Å². The molecule has 0 spiro atoms. The maximum Gasteiger partial charge on any atom is 0.226 e. The summed E-state index contributed by atoms with van der Waals surface area (Å²) in [6.07, 6.45) is 0.397. The summed E-state index contributed by atoms with van der Waals surface area (Å²) >= 11 is 0. The van der Waals surface area contributed by atoms with E-state index in [9.17, 15) is 4.79 Å². The zero-order valence-electron chi connectivity index (χ0n) is 15.1. The smallest absolute Gasteiger partial charge is 0.226 e. The number of imidazole rings is 1. The van der Waals surface area contributed by atoms with Crippen molar-refractivity contribution in [1.82, 2.24) is 19.9 Å². The number of pyridine rings is 1. The fourth-order valence-corrected chi connectivity index (χ4v) is 3.08. The summed E-state index contributed by atoms with van der Waals surface area (Å²) < 4.78 is 0. The Morgan fingerprint density at radius 1 is 1.04 bits per heavy atom. The number of H-pyrrole nitrogens is 1. The number of benzene rings is 2. The summed E-state index contributed by atoms with van der Waals surface area (Å²) in [5, 5.41) is 1.06. The Bertz CT molecular complexity index is 1090. The van der Waals surface area contributed by atoms with Crippen molar-refractivity contribution < 1.29 is 4.79 Å². The van der Waals surface area contributed by atoms with Crippen LogP contribution in [0.2, 0.25) is 0 Å². The van der Waals surface area contributed by atoms with E-state index >= 15 is 0 Å². The Kier molecular flexibility index (Phi) is 3.92. The van der Waals surface area contributed by atoms with Crippen molar-refractivity contribution in [2.24, 2.45) is 0 Å². The second-order valence-electron chi connectivity index (χ2n) is 6.74. The van der Waals surface area contributed by atoms with Gasteiger partial charge in [0.1, 0.15) is 5.69 Å². The Balaban J connectivity index is 1.76. The lowest BCUT2D eigenvalue weighted by atomic mass is 10.0. The Morgan fingerprint density at radius 3 is 2.62 bits per heavy atom. The fourth-order valence-electron chi connectivity index (χ4n) is 3.08. The van der Waals surface area contributed by atoms with Gasteiger partial charge in [0, 0.05) is 19.5 Å². The number of hydrogen-bond donors (Lipinski definition) is 1. The quantitative estimate of drug-likeness (QED) is 0.616. The van der Waals surface area contributed by atoms with Crippen LogP contribution < -0.4 is 0 Å². The molecule has 0 aliphatic heterocycles. The number of nitrogens with one attached hydrogen (secondary N) is 1. The van der Waals surface area contributed by atoms with E-state index in [0.717, 1.165) is 44.6 Å². The minimum atomic E-state index is 0.0915. The molecule has 0 bridgehead atoms. The molecule has 0 aliphatic carbocycles. The highest BCUT2D eigenvalue weighted by atomic mass is 16.2. The molecule has 5 nitrogen and oxygen atoms in total. The van der Waals surface area contributed by atoms with Crippen LogP contribution in [-0.4, -0.2) is 39.9 Å². The van der Waals surface area contributed by atoms with Crippen LogP contribution in [0.1, 0.15) is 11.1 Å². The monoisotopic (exact) mass is 344 g/mol. The number of hydrogen-bond acceptors (Lipinski definition) is 3. The summed E-state index contributed by atoms with van der Waals surface area (Å²) in [4.78, 5) is 26.3. The average Bonchev–Trinajstić information content (AvgIpc) is 3.06. The van der Waals surface area contributed by atoms with Crippen molar-refractivity contribution in [2.75, 3.05) is 14.1 Å². The van der Waals surface area contributed by atoms with E-state index < -0.39 is 0 Å². The number of nitrogens with zero attached hydrogens (tertiary/aromatic N) is 3. The van der Waals surface area contributed by atoms with Gasteiger partial charge in [0.25, 0.3) is 0 Å². The zero-order chi connectivity index (χ0) is 18.3. The minimum absolute atomic E-state index is 0.0915. The Hall–Kier alpha value is -3.21. The first-order valence-electron chi connectivity index (χ1n) is 8.57. The molecule has 0 saturated carbocycles. The summed E-state index contributed by atoms with van der Waals surface area (Å²) in [5.41, 5.74) is 5.77. The van der Waals surface area contributed by atoms with E-state index in [1.54, 1.807) is 19.0 Å². The van der Waals surface area contributed by atoms with E-state index in [1.807, 2.05) is 42.5 Å². The molecule has 2 aromatic heterocycles. The lowest BCUT2D eigenvalue weighted by Crippen LogP contribution is -2.23. The third kappa shape index (κ3) is 2.92. The molecule has 1 N–H and O–H groups in total. The number of aromatic amines is 1. The van der Waals surface area contributed by atoms with Gasteiger partial charge in [0.15, 0.2) is 5.82 Å². The van der Waals surface area contributed by atoms with Crippen molar-refractivity contribution in [2.45, 2.75) is 13.3 Å². The summed E-state index contributed by atoms with van der Waals surface area (Å²) in [5.74, 6) is 0.858. The van der Waals surface area contributed by atoms with Crippen LogP contribution >= 0.6 is 0 Å². The molecule has 0 saturated heterocycles.